The van der Waals surface area contributed by atoms with Gasteiger partial charge >= 0.3 is 0 Å². The number of likely N-dealkylation sites (tertiary alicyclic amines) is 1. The number of hydrogen-bond acceptors (Lipinski definition) is 2. The Hall–Kier alpha value is -0.220. The zero-order chi connectivity index (χ0) is 8.48. The minimum absolute atomic E-state index is 0.122. The van der Waals surface area contributed by atoms with Crippen LogP contribution in [0.15, 0.2) is 0 Å². The average molecular weight is 164 g/mol. The van der Waals surface area contributed by atoms with Gasteiger partial charge in [0.25, 0.3) is 5.92 Å². The Kier molecular flexibility index (Phi) is 2.44. The first-order valence-corrected chi connectivity index (χ1v) is 3.81. The van der Waals surface area contributed by atoms with Crippen LogP contribution in [-0.4, -0.2) is 37.0 Å². The topological polar surface area (TPSA) is 29.3 Å². The van der Waals surface area contributed by atoms with Gasteiger partial charge in [-0.05, 0) is 12.5 Å². The van der Waals surface area contributed by atoms with E-state index < -0.39 is 5.92 Å². The summed E-state index contributed by atoms with van der Waals surface area (Å²) in [7, 11) is 0. The van der Waals surface area contributed by atoms with Gasteiger partial charge in [0.1, 0.15) is 0 Å². The number of rotatable bonds is 3. The molecule has 0 amide bonds. The van der Waals surface area contributed by atoms with Crippen LogP contribution in [-0.2, 0) is 0 Å². The molecule has 0 bridgehead atoms. The fourth-order valence-electron chi connectivity index (χ4n) is 1.35. The number of alkyl halides is 2. The second kappa shape index (κ2) is 3.03. The van der Waals surface area contributed by atoms with Gasteiger partial charge < -0.3 is 5.73 Å². The van der Waals surface area contributed by atoms with Gasteiger partial charge in [0.05, 0.1) is 6.54 Å². The monoisotopic (exact) mass is 164 g/mol. The third kappa shape index (κ3) is 2.71. The Morgan fingerprint density at radius 1 is 1.55 bits per heavy atom. The van der Waals surface area contributed by atoms with E-state index >= 15 is 0 Å². The van der Waals surface area contributed by atoms with E-state index in [1.807, 2.05) is 0 Å². The summed E-state index contributed by atoms with van der Waals surface area (Å²) in [5.74, 6) is -2.11. The molecular formula is C7H14F2N2. The Bertz CT molecular complexity index is 127. The molecule has 1 aliphatic heterocycles. The molecule has 0 aromatic carbocycles. The first kappa shape index (κ1) is 8.87. The third-order valence-electron chi connectivity index (χ3n) is 1.87. The Morgan fingerprint density at radius 3 is 2.45 bits per heavy atom. The highest BCUT2D eigenvalue weighted by atomic mass is 19.3. The van der Waals surface area contributed by atoms with Crippen molar-refractivity contribution in [2.24, 2.45) is 11.7 Å². The normalized spacial score (nSPS) is 21.8. The zero-order valence-electron chi connectivity index (χ0n) is 6.69. The second-order valence-electron chi connectivity index (χ2n) is 3.37. The molecule has 0 saturated carbocycles. The summed E-state index contributed by atoms with van der Waals surface area (Å²) in [5, 5.41) is 0. The molecule has 1 fully saturated rings. The maximum Gasteiger partial charge on any atom is 0.257 e. The molecular weight excluding hydrogens is 150 g/mol. The molecule has 0 spiro atoms. The van der Waals surface area contributed by atoms with Crippen molar-refractivity contribution in [2.45, 2.75) is 12.8 Å². The molecule has 2 nitrogen and oxygen atoms in total. The van der Waals surface area contributed by atoms with Gasteiger partial charge in [-0.2, -0.15) is 0 Å². The Balaban J connectivity index is 2.14. The van der Waals surface area contributed by atoms with Gasteiger partial charge in [-0.25, -0.2) is 8.78 Å². The van der Waals surface area contributed by atoms with Gasteiger partial charge in [0, 0.05) is 20.0 Å². The summed E-state index contributed by atoms with van der Waals surface area (Å²) >= 11 is 0. The summed E-state index contributed by atoms with van der Waals surface area (Å²) in [5.41, 5.74) is 5.35. The molecule has 4 heteroatoms. The van der Waals surface area contributed by atoms with Crippen molar-refractivity contribution >= 4 is 0 Å². The van der Waals surface area contributed by atoms with Crippen LogP contribution in [0.1, 0.15) is 6.92 Å². The molecule has 0 aromatic heterocycles. The van der Waals surface area contributed by atoms with E-state index in [1.54, 1.807) is 4.90 Å². The lowest BCUT2D eigenvalue weighted by atomic mass is 10.0. The van der Waals surface area contributed by atoms with E-state index in [-0.39, 0.29) is 6.54 Å². The van der Waals surface area contributed by atoms with Crippen molar-refractivity contribution in [2.75, 3.05) is 26.2 Å². The summed E-state index contributed by atoms with van der Waals surface area (Å²) in [6.45, 7) is 2.91. The van der Waals surface area contributed by atoms with Gasteiger partial charge in [0.2, 0.25) is 0 Å². The van der Waals surface area contributed by atoms with Crippen LogP contribution in [0.3, 0.4) is 0 Å². The molecule has 0 atom stereocenters. The van der Waals surface area contributed by atoms with Crippen molar-refractivity contribution in [3.8, 4) is 0 Å². The smallest absolute Gasteiger partial charge is 0.257 e. The maximum atomic E-state index is 12.4. The predicted molar refractivity (Wildman–Crippen MR) is 39.6 cm³/mol. The first-order valence-electron chi connectivity index (χ1n) is 3.81. The van der Waals surface area contributed by atoms with E-state index in [4.69, 9.17) is 5.73 Å². The van der Waals surface area contributed by atoms with Gasteiger partial charge in [-0.3, -0.25) is 4.90 Å². The van der Waals surface area contributed by atoms with Crippen molar-refractivity contribution in [3.05, 3.63) is 0 Å². The molecule has 1 saturated heterocycles. The number of halogens is 2. The van der Waals surface area contributed by atoms with Gasteiger partial charge in [0.15, 0.2) is 0 Å². The number of nitrogens with zero attached hydrogens (tertiary/aromatic N) is 1. The fraction of sp³-hybridized carbons (Fsp3) is 1.00. The minimum atomic E-state index is -2.56. The standard InChI is InChI=1S/C7H14F2N2/c1-7(8,9)5-11-3-6(2-10)4-11/h6H,2-5,10H2,1H3. The van der Waals surface area contributed by atoms with E-state index in [1.165, 1.54) is 0 Å². The minimum Gasteiger partial charge on any atom is -0.330 e. The van der Waals surface area contributed by atoms with Crippen molar-refractivity contribution in [1.29, 1.82) is 0 Å². The number of hydrogen-bond donors (Lipinski definition) is 1. The Labute approximate surface area is 65.4 Å². The van der Waals surface area contributed by atoms with E-state index in [9.17, 15) is 8.78 Å². The van der Waals surface area contributed by atoms with Gasteiger partial charge in [-0.1, -0.05) is 0 Å². The maximum absolute atomic E-state index is 12.4. The van der Waals surface area contributed by atoms with Crippen LogP contribution in [0.25, 0.3) is 0 Å². The second-order valence-corrected chi connectivity index (χ2v) is 3.37. The van der Waals surface area contributed by atoms with Crippen LogP contribution < -0.4 is 5.73 Å². The molecule has 11 heavy (non-hydrogen) atoms. The molecule has 1 rings (SSSR count). The summed E-state index contributed by atoms with van der Waals surface area (Å²) in [6.07, 6.45) is 0. The van der Waals surface area contributed by atoms with Crippen LogP contribution in [0.4, 0.5) is 8.78 Å². The SMILES string of the molecule is CC(F)(F)CN1CC(CN)C1. The lowest BCUT2D eigenvalue weighted by Gasteiger charge is -2.39. The molecule has 0 aromatic rings. The van der Waals surface area contributed by atoms with Gasteiger partial charge in [-0.15, -0.1) is 0 Å². The summed E-state index contributed by atoms with van der Waals surface area (Å²) < 4.78 is 24.7. The zero-order valence-corrected chi connectivity index (χ0v) is 6.69. The number of nitrogens with two attached hydrogens (primary N) is 1. The van der Waals surface area contributed by atoms with Crippen LogP contribution in [0, 0.1) is 5.92 Å². The highest BCUT2D eigenvalue weighted by Gasteiger charge is 2.32. The molecule has 66 valence electrons. The highest BCUT2D eigenvalue weighted by molar-refractivity contribution is 4.82. The fourth-order valence-corrected chi connectivity index (χ4v) is 1.35. The summed E-state index contributed by atoms with van der Waals surface area (Å²) in [6, 6.07) is 0. The van der Waals surface area contributed by atoms with E-state index in [0.29, 0.717) is 12.5 Å². The van der Waals surface area contributed by atoms with Crippen LogP contribution in [0.2, 0.25) is 0 Å². The van der Waals surface area contributed by atoms with Crippen molar-refractivity contribution in [1.82, 2.24) is 4.90 Å². The Morgan fingerprint density at radius 2 is 2.09 bits per heavy atom. The molecule has 2 N–H and O–H groups in total. The molecule has 1 heterocycles. The highest BCUT2D eigenvalue weighted by Crippen LogP contribution is 2.20. The van der Waals surface area contributed by atoms with Crippen molar-refractivity contribution in [3.63, 3.8) is 0 Å². The molecule has 0 radical (unpaired) electrons. The van der Waals surface area contributed by atoms with Crippen molar-refractivity contribution < 1.29 is 8.78 Å². The molecule has 1 aliphatic rings. The molecule has 0 aliphatic carbocycles. The third-order valence-corrected chi connectivity index (χ3v) is 1.87. The quantitative estimate of drug-likeness (QED) is 0.659. The summed E-state index contributed by atoms with van der Waals surface area (Å²) in [4.78, 5) is 1.73. The average Bonchev–Trinajstić information content (AvgIpc) is 1.75. The lowest BCUT2D eigenvalue weighted by Crippen LogP contribution is -2.53. The van der Waals surface area contributed by atoms with E-state index in [2.05, 4.69) is 0 Å². The molecule has 0 unspecified atom stereocenters. The van der Waals surface area contributed by atoms with E-state index in [0.717, 1.165) is 20.0 Å². The van der Waals surface area contributed by atoms with Crippen LogP contribution in [0.5, 0.6) is 0 Å². The lowest BCUT2D eigenvalue weighted by molar-refractivity contribution is -0.0446. The largest absolute Gasteiger partial charge is 0.330 e. The van der Waals surface area contributed by atoms with Crippen LogP contribution >= 0.6 is 0 Å². The predicted octanol–water partition coefficient (Wildman–Crippen LogP) is 0.532. The first-order chi connectivity index (χ1) is 5.01.